The molecule has 0 N–H and O–H groups in total. The second-order valence-electron chi connectivity index (χ2n) is 8.44. The largest absolute Gasteiger partial charge is 0.256 e. The first-order valence-electron chi connectivity index (χ1n) is 10.5. The van der Waals surface area contributed by atoms with Gasteiger partial charge in [0, 0.05) is 29.7 Å². The number of sulfone groups is 2. The molecular formula is C26H25NO4S2. The molecule has 0 fully saturated rings. The summed E-state index contributed by atoms with van der Waals surface area (Å²) in [6.07, 6.45) is 4.61. The van der Waals surface area contributed by atoms with Crippen molar-refractivity contribution in [2.24, 2.45) is 0 Å². The molecule has 1 aromatic heterocycles. The molecule has 0 aliphatic heterocycles. The van der Waals surface area contributed by atoms with Crippen LogP contribution in [-0.4, -0.2) is 39.6 Å². The van der Waals surface area contributed by atoms with Crippen molar-refractivity contribution in [3.05, 3.63) is 84.6 Å². The standard InChI is InChI=1S/C26H25NO4S2/c1-18(32(2,28)29)13-19-14-23-10-6-12-27-26(23)25(15-19)22-9-4-7-20(16-22)21-8-5-11-24(17-21)33(3,30)31/h4-12,14-18H,13H2,1-3H3. The van der Waals surface area contributed by atoms with Crippen LogP contribution in [0.4, 0.5) is 0 Å². The van der Waals surface area contributed by atoms with Crippen LogP contribution in [0.2, 0.25) is 0 Å². The molecule has 0 saturated carbocycles. The van der Waals surface area contributed by atoms with Gasteiger partial charge in [0.15, 0.2) is 9.84 Å². The molecule has 33 heavy (non-hydrogen) atoms. The highest BCUT2D eigenvalue weighted by Crippen LogP contribution is 2.33. The van der Waals surface area contributed by atoms with Crippen LogP contribution in [0.5, 0.6) is 0 Å². The summed E-state index contributed by atoms with van der Waals surface area (Å²) in [6.45, 7) is 1.72. The summed E-state index contributed by atoms with van der Waals surface area (Å²) in [5.41, 5.74) is 5.28. The van der Waals surface area contributed by atoms with Crippen LogP contribution >= 0.6 is 0 Å². The number of rotatable bonds is 6. The van der Waals surface area contributed by atoms with Gasteiger partial charge in [-0.1, -0.05) is 36.4 Å². The summed E-state index contributed by atoms with van der Waals surface area (Å²) in [4.78, 5) is 4.85. The summed E-state index contributed by atoms with van der Waals surface area (Å²) < 4.78 is 48.0. The van der Waals surface area contributed by atoms with Gasteiger partial charge in [-0.25, -0.2) is 16.8 Å². The highest BCUT2D eigenvalue weighted by atomic mass is 32.2. The monoisotopic (exact) mass is 479 g/mol. The summed E-state index contributed by atoms with van der Waals surface area (Å²) in [6, 6.07) is 22.6. The lowest BCUT2D eigenvalue weighted by molar-refractivity contribution is 0.588. The zero-order valence-corrected chi connectivity index (χ0v) is 20.3. The van der Waals surface area contributed by atoms with Gasteiger partial charge >= 0.3 is 0 Å². The van der Waals surface area contributed by atoms with Crippen molar-refractivity contribution in [3.8, 4) is 22.3 Å². The molecule has 0 saturated heterocycles. The lowest BCUT2D eigenvalue weighted by atomic mass is 9.94. The minimum Gasteiger partial charge on any atom is -0.256 e. The molecule has 5 nitrogen and oxygen atoms in total. The first-order chi connectivity index (χ1) is 15.5. The number of nitrogens with zero attached hydrogens (tertiary/aromatic N) is 1. The molecule has 7 heteroatoms. The molecule has 1 unspecified atom stereocenters. The topological polar surface area (TPSA) is 81.2 Å². The Kier molecular flexibility index (Phi) is 6.12. The fraction of sp³-hybridized carbons (Fsp3) is 0.192. The van der Waals surface area contributed by atoms with Crippen molar-refractivity contribution >= 4 is 30.6 Å². The van der Waals surface area contributed by atoms with E-state index in [1.807, 2.05) is 54.6 Å². The van der Waals surface area contributed by atoms with Gasteiger partial charge in [-0.3, -0.25) is 4.98 Å². The average Bonchev–Trinajstić information content (AvgIpc) is 2.77. The van der Waals surface area contributed by atoms with Gasteiger partial charge < -0.3 is 0 Å². The number of hydrogen-bond donors (Lipinski definition) is 0. The third-order valence-electron chi connectivity index (χ3n) is 5.79. The highest BCUT2D eigenvalue weighted by molar-refractivity contribution is 7.91. The second kappa shape index (κ2) is 8.72. The first kappa shape index (κ1) is 23.1. The Balaban J connectivity index is 1.84. The van der Waals surface area contributed by atoms with Crippen molar-refractivity contribution in [2.75, 3.05) is 12.5 Å². The highest BCUT2D eigenvalue weighted by Gasteiger charge is 2.17. The van der Waals surface area contributed by atoms with Gasteiger partial charge in [-0.2, -0.15) is 0 Å². The zero-order chi connectivity index (χ0) is 23.8. The van der Waals surface area contributed by atoms with E-state index in [-0.39, 0.29) is 4.90 Å². The van der Waals surface area contributed by atoms with Gasteiger partial charge in [0.25, 0.3) is 0 Å². The molecule has 4 aromatic rings. The molecule has 0 amide bonds. The van der Waals surface area contributed by atoms with E-state index in [0.717, 1.165) is 38.7 Å². The summed E-state index contributed by atoms with van der Waals surface area (Å²) in [7, 11) is -6.47. The maximum absolute atomic E-state index is 12.0. The van der Waals surface area contributed by atoms with Crippen LogP contribution in [0.1, 0.15) is 12.5 Å². The van der Waals surface area contributed by atoms with E-state index >= 15 is 0 Å². The molecule has 0 aliphatic carbocycles. The zero-order valence-electron chi connectivity index (χ0n) is 18.7. The van der Waals surface area contributed by atoms with Crippen LogP contribution in [0.3, 0.4) is 0 Å². The Labute approximate surface area is 195 Å². The van der Waals surface area contributed by atoms with Gasteiger partial charge in [0.05, 0.1) is 15.7 Å². The van der Waals surface area contributed by atoms with Crippen molar-refractivity contribution in [1.29, 1.82) is 0 Å². The van der Waals surface area contributed by atoms with Crippen LogP contribution < -0.4 is 0 Å². The fourth-order valence-electron chi connectivity index (χ4n) is 3.85. The van der Waals surface area contributed by atoms with Crippen LogP contribution in [0.15, 0.2) is 83.9 Å². The Hall–Kier alpha value is -3.03. The van der Waals surface area contributed by atoms with E-state index < -0.39 is 24.9 Å². The van der Waals surface area contributed by atoms with E-state index in [1.165, 1.54) is 12.5 Å². The number of benzene rings is 3. The van der Waals surface area contributed by atoms with Crippen LogP contribution in [0, 0.1) is 0 Å². The average molecular weight is 480 g/mol. The summed E-state index contributed by atoms with van der Waals surface area (Å²) in [5, 5.41) is 0.444. The number of hydrogen-bond acceptors (Lipinski definition) is 5. The predicted molar refractivity (Wildman–Crippen MR) is 134 cm³/mol. The Morgan fingerprint density at radius 2 is 1.45 bits per heavy atom. The number of fused-ring (bicyclic) bond motifs is 1. The lowest BCUT2D eigenvalue weighted by Gasteiger charge is -2.14. The molecule has 1 heterocycles. The maximum Gasteiger partial charge on any atom is 0.175 e. The molecule has 1 atom stereocenters. The quantitative estimate of drug-likeness (QED) is 0.391. The van der Waals surface area contributed by atoms with E-state index in [4.69, 9.17) is 0 Å². The fourth-order valence-corrected chi connectivity index (χ4v) is 5.01. The van der Waals surface area contributed by atoms with Gasteiger partial charge in [0.1, 0.15) is 9.84 Å². The third-order valence-corrected chi connectivity index (χ3v) is 8.53. The smallest absolute Gasteiger partial charge is 0.175 e. The van der Waals surface area contributed by atoms with Crippen molar-refractivity contribution in [1.82, 2.24) is 4.98 Å². The normalized spacial score (nSPS) is 13.2. The number of pyridine rings is 1. The SMILES string of the molecule is CC(Cc1cc(-c2cccc(-c3cccc(S(C)(=O)=O)c3)c2)c2ncccc2c1)S(C)(=O)=O. The number of aromatic nitrogens is 1. The van der Waals surface area contributed by atoms with E-state index in [9.17, 15) is 16.8 Å². The first-order valence-corrected chi connectivity index (χ1v) is 14.3. The van der Waals surface area contributed by atoms with Gasteiger partial charge in [-0.05, 0) is 72.0 Å². The van der Waals surface area contributed by atoms with Gasteiger partial charge in [0.2, 0.25) is 0 Å². The maximum atomic E-state index is 12.0. The minimum absolute atomic E-state index is 0.272. The molecular weight excluding hydrogens is 454 g/mol. The van der Waals surface area contributed by atoms with E-state index in [0.29, 0.717) is 6.42 Å². The van der Waals surface area contributed by atoms with Crippen molar-refractivity contribution < 1.29 is 16.8 Å². The lowest BCUT2D eigenvalue weighted by Crippen LogP contribution is -2.18. The van der Waals surface area contributed by atoms with Crippen molar-refractivity contribution in [3.63, 3.8) is 0 Å². The predicted octanol–water partition coefficient (Wildman–Crippen LogP) is 4.95. The Bertz CT molecular complexity index is 1560. The Morgan fingerprint density at radius 1 is 0.788 bits per heavy atom. The van der Waals surface area contributed by atoms with Crippen LogP contribution in [0.25, 0.3) is 33.2 Å². The van der Waals surface area contributed by atoms with E-state index in [1.54, 1.807) is 31.3 Å². The van der Waals surface area contributed by atoms with Crippen LogP contribution in [-0.2, 0) is 26.1 Å². The molecule has 0 bridgehead atoms. The van der Waals surface area contributed by atoms with Gasteiger partial charge in [-0.15, -0.1) is 0 Å². The molecule has 170 valence electrons. The molecule has 4 rings (SSSR count). The molecule has 0 spiro atoms. The summed E-state index contributed by atoms with van der Waals surface area (Å²) >= 11 is 0. The molecule has 0 aliphatic rings. The second-order valence-corrected chi connectivity index (χ2v) is 12.9. The molecule has 0 radical (unpaired) electrons. The molecule has 3 aromatic carbocycles. The third kappa shape index (κ3) is 5.15. The van der Waals surface area contributed by atoms with E-state index in [2.05, 4.69) is 4.98 Å². The van der Waals surface area contributed by atoms with Crippen molar-refractivity contribution in [2.45, 2.75) is 23.5 Å². The minimum atomic E-state index is -3.31. The summed E-state index contributed by atoms with van der Waals surface area (Å²) in [5.74, 6) is 0. The Morgan fingerprint density at radius 3 is 2.15 bits per heavy atom.